The smallest absolute Gasteiger partial charge is 0.271 e. The van der Waals surface area contributed by atoms with Crippen molar-refractivity contribution in [3.8, 4) is 0 Å². The van der Waals surface area contributed by atoms with Crippen molar-refractivity contribution < 1.29 is 9.72 Å². The average Bonchev–Trinajstić information content (AvgIpc) is 3.36. The predicted octanol–water partition coefficient (Wildman–Crippen LogP) is 4.94. The molecule has 0 saturated heterocycles. The third-order valence-corrected chi connectivity index (χ3v) is 5.02. The van der Waals surface area contributed by atoms with Crippen molar-refractivity contribution >= 4 is 17.3 Å². The van der Waals surface area contributed by atoms with E-state index in [1.807, 2.05) is 6.92 Å². The van der Waals surface area contributed by atoms with Crippen molar-refractivity contribution in [3.05, 3.63) is 69.3 Å². The van der Waals surface area contributed by atoms with Gasteiger partial charge in [0.1, 0.15) is 0 Å². The highest BCUT2D eigenvalue weighted by Gasteiger charge is 2.44. The number of hydrogen-bond acceptors (Lipinski definition) is 3. The van der Waals surface area contributed by atoms with E-state index in [-0.39, 0.29) is 28.8 Å². The molecule has 1 amide bonds. The first-order chi connectivity index (χ1) is 12.2. The van der Waals surface area contributed by atoms with Crippen LogP contribution in [0.2, 0.25) is 0 Å². The SMILES string of the molecule is Cc1ccc([N+](=O)[O-])cc1NC(=O)[C@H]1C[C@H]1c1ccc(C(C)(C)C)cc1. The Labute approximate surface area is 153 Å². The largest absolute Gasteiger partial charge is 0.325 e. The maximum absolute atomic E-state index is 12.5. The van der Waals surface area contributed by atoms with Crippen LogP contribution in [0.1, 0.15) is 49.8 Å². The molecular formula is C21H24N2O3. The van der Waals surface area contributed by atoms with Gasteiger partial charge in [0.05, 0.1) is 10.6 Å². The molecule has 3 rings (SSSR count). The Bertz CT molecular complexity index is 851. The lowest BCUT2D eigenvalue weighted by molar-refractivity contribution is -0.384. The molecule has 0 radical (unpaired) electrons. The summed E-state index contributed by atoms with van der Waals surface area (Å²) in [6, 6.07) is 13.0. The van der Waals surface area contributed by atoms with Crippen molar-refractivity contribution in [3.63, 3.8) is 0 Å². The van der Waals surface area contributed by atoms with Crippen molar-refractivity contribution in [1.82, 2.24) is 0 Å². The molecule has 0 aromatic heterocycles. The maximum Gasteiger partial charge on any atom is 0.271 e. The van der Waals surface area contributed by atoms with Gasteiger partial charge in [-0.15, -0.1) is 0 Å². The fourth-order valence-electron chi connectivity index (χ4n) is 3.17. The van der Waals surface area contributed by atoms with Crippen LogP contribution in [0.5, 0.6) is 0 Å². The van der Waals surface area contributed by atoms with Gasteiger partial charge in [-0.2, -0.15) is 0 Å². The zero-order valence-electron chi connectivity index (χ0n) is 15.6. The first-order valence-electron chi connectivity index (χ1n) is 8.83. The van der Waals surface area contributed by atoms with Crippen LogP contribution in [-0.2, 0) is 10.2 Å². The number of hydrogen-bond donors (Lipinski definition) is 1. The number of carbonyl (C=O) groups is 1. The Morgan fingerprint density at radius 1 is 1.15 bits per heavy atom. The Morgan fingerprint density at radius 2 is 1.81 bits per heavy atom. The minimum absolute atomic E-state index is 0.0176. The summed E-state index contributed by atoms with van der Waals surface area (Å²) in [6.07, 6.45) is 0.814. The Kier molecular flexibility index (Phi) is 4.57. The summed E-state index contributed by atoms with van der Waals surface area (Å²) in [6.45, 7) is 8.36. The second-order valence-corrected chi connectivity index (χ2v) is 8.07. The average molecular weight is 352 g/mol. The number of anilines is 1. The molecule has 1 N–H and O–H groups in total. The van der Waals surface area contributed by atoms with Gasteiger partial charge in [0.2, 0.25) is 5.91 Å². The first-order valence-corrected chi connectivity index (χ1v) is 8.83. The Morgan fingerprint density at radius 3 is 2.38 bits per heavy atom. The number of nitrogens with zero attached hydrogens (tertiary/aromatic N) is 1. The zero-order valence-corrected chi connectivity index (χ0v) is 15.6. The van der Waals surface area contributed by atoms with E-state index >= 15 is 0 Å². The number of carbonyl (C=O) groups excluding carboxylic acids is 1. The zero-order chi connectivity index (χ0) is 19.1. The molecule has 1 fully saturated rings. The second kappa shape index (κ2) is 6.56. The van der Waals surface area contributed by atoms with Crippen molar-refractivity contribution in [2.24, 2.45) is 5.92 Å². The molecule has 0 spiro atoms. The Hall–Kier alpha value is -2.69. The van der Waals surface area contributed by atoms with Crippen molar-refractivity contribution in [2.75, 3.05) is 5.32 Å². The number of nitro groups is 1. The van der Waals surface area contributed by atoms with Gasteiger partial charge < -0.3 is 5.32 Å². The van der Waals surface area contributed by atoms with Crippen molar-refractivity contribution in [2.45, 2.75) is 45.4 Å². The van der Waals surface area contributed by atoms with Gasteiger partial charge >= 0.3 is 0 Å². The highest BCUT2D eigenvalue weighted by Crippen LogP contribution is 2.48. The molecule has 2 atom stereocenters. The second-order valence-electron chi connectivity index (χ2n) is 8.07. The number of nitrogens with one attached hydrogen (secondary N) is 1. The minimum atomic E-state index is -0.453. The molecule has 136 valence electrons. The summed E-state index contributed by atoms with van der Waals surface area (Å²) >= 11 is 0. The van der Waals surface area contributed by atoms with E-state index in [1.54, 1.807) is 6.07 Å². The quantitative estimate of drug-likeness (QED) is 0.625. The fraction of sp³-hybridized carbons (Fsp3) is 0.381. The van der Waals surface area contributed by atoms with Gasteiger partial charge in [-0.25, -0.2) is 0 Å². The van der Waals surface area contributed by atoms with E-state index < -0.39 is 4.92 Å². The number of non-ortho nitro benzene ring substituents is 1. The number of benzene rings is 2. The van der Waals surface area contributed by atoms with Crippen LogP contribution in [0.25, 0.3) is 0 Å². The summed E-state index contributed by atoms with van der Waals surface area (Å²) in [5, 5.41) is 13.8. The predicted molar refractivity (Wildman–Crippen MR) is 102 cm³/mol. The number of rotatable bonds is 4. The third-order valence-electron chi connectivity index (χ3n) is 5.02. The summed E-state index contributed by atoms with van der Waals surface area (Å²) < 4.78 is 0. The molecule has 0 bridgehead atoms. The van der Waals surface area contributed by atoms with Crippen LogP contribution in [0.3, 0.4) is 0 Å². The normalized spacial score (nSPS) is 19.1. The summed E-state index contributed by atoms with van der Waals surface area (Å²) in [5.41, 5.74) is 3.87. The van der Waals surface area contributed by atoms with Crippen LogP contribution in [0, 0.1) is 23.0 Å². The molecular weight excluding hydrogens is 328 g/mol. The van der Waals surface area contributed by atoms with E-state index in [0.29, 0.717) is 5.69 Å². The third kappa shape index (κ3) is 3.77. The standard InChI is InChI=1S/C21H24N2O3/c1-13-5-10-16(23(25)26)11-19(13)22-20(24)18-12-17(18)14-6-8-15(9-7-14)21(2,3)4/h5-11,17-18H,12H2,1-4H3,(H,22,24)/t17-,18-/m0/s1. The van der Waals surface area contributed by atoms with Gasteiger partial charge in [-0.1, -0.05) is 51.1 Å². The van der Waals surface area contributed by atoms with E-state index in [9.17, 15) is 14.9 Å². The highest BCUT2D eigenvalue weighted by atomic mass is 16.6. The van der Waals surface area contributed by atoms with Crippen LogP contribution in [0.4, 0.5) is 11.4 Å². The molecule has 0 unspecified atom stereocenters. The van der Waals surface area contributed by atoms with E-state index in [4.69, 9.17) is 0 Å². The molecule has 2 aromatic carbocycles. The molecule has 1 aliphatic rings. The molecule has 5 heteroatoms. The first kappa shape index (κ1) is 18.1. The van der Waals surface area contributed by atoms with Gasteiger partial charge in [0.15, 0.2) is 0 Å². The lowest BCUT2D eigenvalue weighted by Gasteiger charge is -2.19. The molecule has 0 aliphatic heterocycles. The molecule has 1 aliphatic carbocycles. The van der Waals surface area contributed by atoms with Crippen LogP contribution in [-0.4, -0.2) is 10.8 Å². The monoisotopic (exact) mass is 352 g/mol. The molecule has 26 heavy (non-hydrogen) atoms. The molecule has 0 heterocycles. The summed E-state index contributed by atoms with van der Waals surface area (Å²) in [4.78, 5) is 23.0. The van der Waals surface area contributed by atoms with Gasteiger partial charge in [-0.3, -0.25) is 14.9 Å². The topological polar surface area (TPSA) is 72.2 Å². The fourth-order valence-corrected chi connectivity index (χ4v) is 3.17. The molecule has 2 aromatic rings. The lowest BCUT2D eigenvalue weighted by Crippen LogP contribution is -2.15. The molecule has 5 nitrogen and oxygen atoms in total. The highest BCUT2D eigenvalue weighted by molar-refractivity contribution is 5.96. The van der Waals surface area contributed by atoms with E-state index in [2.05, 4.69) is 50.4 Å². The van der Waals surface area contributed by atoms with E-state index in [1.165, 1.54) is 23.3 Å². The van der Waals surface area contributed by atoms with E-state index in [0.717, 1.165) is 12.0 Å². The van der Waals surface area contributed by atoms with Gasteiger partial charge in [0.25, 0.3) is 5.69 Å². The van der Waals surface area contributed by atoms with Crippen LogP contribution >= 0.6 is 0 Å². The van der Waals surface area contributed by atoms with Gasteiger partial charge in [0, 0.05) is 18.1 Å². The summed E-state index contributed by atoms with van der Waals surface area (Å²) in [7, 11) is 0. The number of nitro benzene ring substituents is 1. The number of aryl methyl sites for hydroxylation is 1. The summed E-state index contributed by atoms with van der Waals surface area (Å²) in [5.74, 6) is 0.0793. The lowest BCUT2D eigenvalue weighted by atomic mass is 9.86. The van der Waals surface area contributed by atoms with Crippen LogP contribution in [0.15, 0.2) is 42.5 Å². The maximum atomic E-state index is 12.5. The molecule has 1 saturated carbocycles. The number of amides is 1. The van der Waals surface area contributed by atoms with Crippen molar-refractivity contribution in [1.29, 1.82) is 0 Å². The Balaban J connectivity index is 1.68. The van der Waals surface area contributed by atoms with Crippen LogP contribution < -0.4 is 5.32 Å². The van der Waals surface area contributed by atoms with Gasteiger partial charge in [-0.05, 0) is 41.4 Å². The minimum Gasteiger partial charge on any atom is -0.325 e.